The summed E-state index contributed by atoms with van der Waals surface area (Å²) in [5.74, 6) is 0. The molecule has 0 aliphatic heterocycles. The van der Waals surface area contributed by atoms with Gasteiger partial charge in [0.05, 0.1) is 11.0 Å². The van der Waals surface area contributed by atoms with Crippen molar-refractivity contribution < 1.29 is 0 Å². The molecule has 0 amide bonds. The molecule has 2 heterocycles. The van der Waals surface area contributed by atoms with E-state index in [1.165, 1.54) is 0 Å². The molecule has 0 bridgehead atoms. The second kappa shape index (κ2) is 2.48. The van der Waals surface area contributed by atoms with Crippen LogP contribution in [0.1, 0.15) is 0 Å². The number of H-pyrrole nitrogens is 2. The van der Waals surface area contributed by atoms with Crippen LogP contribution in [0.25, 0.3) is 21.8 Å². The first-order valence-corrected chi connectivity index (χ1v) is 4.43. The molecular formula is C11H8N2O. The van der Waals surface area contributed by atoms with Crippen molar-refractivity contribution in [3.05, 3.63) is 46.9 Å². The third-order valence-electron chi connectivity index (χ3n) is 2.41. The van der Waals surface area contributed by atoms with E-state index in [9.17, 15) is 4.79 Å². The van der Waals surface area contributed by atoms with Crippen molar-refractivity contribution in [2.75, 3.05) is 0 Å². The Kier molecular flexibility index (Phi) is 1.31. The summed E-state index contributed by atoms with van der Waals surface area (Å²) in [5.41, 5.74) is 1.95. The summed E-state index contributed by atoms with van der Waals surface area (Å²) in [7, 11) is 0. The molecule has 2 N–H and O–H groups in total. The highest BCUT2D eigenvalue weighted by Crippen LogP contribution is 2.22. The van der Waals surface area contributed by atoms with Gasteiger partial charge in [-0.25, -0.2) is 0 Å². The van der Waals surface area contributed by atoms with Gasteiger partial charge in [0.2, 0.25) is 0 Å². The Balaban J connectivity index is 2.63. The standard InChI is InChI=1S/C11H8N2O/c14-7-1-2-8-9-3-4-12-6-11(9)13-10(8)5-7/h1-6,12-13H. The van der Waals surface area contributed by atoms with E-state index in [4.69, 9.17) is 0 Å². The van der Waals surface area contributed by atoms with Crippen LogP contribution < -0.4 is 5.43 Å². The molecule has 68 valence electrons. The molecule has 0 aliphatic carbocycles. The Morgan fingerprint density at radius 1 is 1.00 bits per heavy atom. The van der Waals surface area contributed by atoms with Crippen molar-refractivity contribution in [3.63, 3.8) is 0 Å². The largest absolute Gasteiger partial charge is 0.366 e. The van der Waals surface area contributed by atoms with Crippen LogP contribution in [-0.2, 0) is 0 Å². The van der Waals surface area contributed by atoms with Crippen LogP contribution in [0.3, 0.4) is 0 Å². The molecule has 0 spiro atoms. The molecule has 2 aromatic heterocycles. The van der Waals surface area contributed by atoms with Crippen LogP contribution in [0, 0.1) is 0 Å². The smallest absolute Gasteiger partial charge is 0.180 e. The minimum absolute atomic E-state index is 0.0352. The molecule has 1 aromatic carbocycles. The van der Waals surface area contributed by atoms with Crippen molar-refractivity contribution in [2.45, 2.75) is 0 Å². The third kappa shape index (κ3) is 0.893. The van der Waals surface area contributed by atoms with Gasteiger partial charge in [0, 0.05) is 29.2 Å². The third-order valence-corrected chi connectivity index (χ3v) is 2.41. The number of pyridine rings is 1. The lowest BCUT2D eigenvalue weighted by molar-refractivity contribution is 1.35. The summed E-state index contributed by atoms with van der Waals surface area (Å²) in [6.45, 7) is 0. The van der Waals surface area contributed by atoms with Crippen molar-refractivity contribution >= 4 is 21.8 Å². The van der Waals surface area contributed by atoms with Gasteiger partial charge in [-0.3, -0.25) is 4.79 Å². The zero-order chi connectivity index (χ0) is 9.54. The average Bonchev–Trinajstić information content (AvgIpc) is 2.54. The lowest BCUT2D eigenvalue weighted by Crippen LogP contribution is -1.93. The summed E-state index contributed by atoms with van der Waals surface area (Å²) in [4.78, 5) is 17.3. The maximum Gasteiger partial charge on any atom is 0.180 e. The fourth-order valence-electron chi connectivity index (χ4n) is 1.78. The summed E-state index contributed by atoms with van der Waals surface area (Å²) >= 11 is 0. The van der Waals surface area contributed by atoms with Crippen molar-refractivity contribution in [2.24, 2.45) is 0 Å². The summed E-state index contributed by atoms with van der Waals surface area (Å²) in [6, 6.07) is 7.07. The topological polar surface area (TPSA) is 48.6 Å². The van der Waals surface area contributed by atoms with E-state index in [0.717, 1.165) is 21.8 Å². The zero-order valence-corrected chi connectivity index (χ0v) is 7.37. The van der Waals surface area contributed by atoms with Crippen LogP contribution in [0.2, 0.25) is 0 Å². The van der Waals surface area contributed by atoms with Crippen molar-refractivity contribution in [3.8, 4) is 0 Å². The fraction of sp³-hybridized carbons (Fsp3) is 0. The van der Waals surface area contributed by atoms with Crippen molar-refractivity contribution in [1.82, 2.24) is 9.97 Å². The minimum atomic E-state index is 0.0352. The lowest BCUT2D eigenvalue weighted by atomic mass is 10.2. The molecule has 0 aliphatic rings. The number of rotatable bonds is 0. The van der Waals surface area contributed by atoms with E-state index >= 15 is 0 Å². The Hall–Kier alpha value is -2.03. The number of nitrogens with one attached hydrogen (secondary N) is 2. The van der Waals surface area contributed by atoms with Gasteiger partial charge >= 0.3 is 0 Å². The van der Waals surface area contributed by atoms with Crippen LogP contribution in [-0.4, -0.2) is 9.97 Å². The minimum Gasteiger partial charge on any atom is -0.366 e. The first-order chi connectivity index (χ1) is 6.84. The van der Waals surface area contributed by atoms with E-state index in [1.807, 2.05) is 24.5 Å². The Labute approximate surface area is 79.4 Å². The van der Waals surface area contributed by atoms with Crippen molar-refractivity contribution in [1.29, 1.82) is 0 Å². The van der Waals surface area contributed by atoms with E-state index in [0.29, 0.717) is 0 Å². The van der Waals surface area contributed by atoms with E-state index in [-0.39, 0.29) is 5.43 Å². The average molecular weight is 184 g/mol. The van der Waals surface area contributed by atoms with Gasteiger partial charge < -0.3 is 9.97 Å². The molecule has 0 saturated carbocycles. The van der Waals surface area contributed by atoms with Crippen LogP contribution in [0.4, 0.5) is 0 Å². The molecule has 0 radical (unpaired) electrons. The molecule has 0 fully saturated rings. The monoisotopic (exact) mass is 184 g/mol. The Bertz CT molecular complexity index is 663. The summed E-state index contributed by atoms with van der Waals surface area (Å²) in [5, 5.41) is 2.23. The second-order valence-electron chi connectivity index (χ2n) is 3.30. The quantitative estimate of drug-likeness (QED) is 0.551. The number of benzene rings is 1. The number of hydrogen-bond donors (Lipinski definition) is 2. The van der Waals surface area contributed by atoms with Gasteiger partial charge in [-0.15, -0.1) is 0 Å². The second-order valence-corrected chi connectivity index (χ2v) is 3.30. The van der Waals surface area contributed by atoms with E-state index in [1.54, 1.807) is 12.1 Å². The number of aromatic nitrogens is 2. The molecule has 3 nitrogen and oxygen atoms in total. The zero-order valence-electron chi connectivity index (χ0n) is 7.37. The molecular weight excluding hydrogens is 176 g/mol. The van der Waals surface area contributed by atoms with Gasteiger partial charge in [-0.2, -0.15) is 0 Å². The van der Waals surface area contributed by atoms with Gasteiger partial charge in [0.25, 0.3) is 0 Å². The molecule has 0 unspecified atom stereocenters. The van der Waals surface area contributed by atoms with Crippen LogP contribution >= 0.6 is 0 Å². The normalized spacial score (nSPS) is 11.1. The maximum atomic E-state index is 11.1. The summed E-state index contributed by atoms with van der Waals surface area (Å²) in [6.07, 6.45) is 3.76. The molecule has 3 rings (SSSR count). The summed E-state index contributed by atoms with van der Waals surface area (Å²) < 4.78 is 0. The van der Waals surface area contributed by atoms with Gasteiger partial charge in [0.1, 0.15) is 0 Å². The number of fused-ring (bicyclic) bond motifs is 3. The molecule has 14 heavy (non-hydrogen) atoms. The Morgan fingerprint density at radius 2 is 1.86 bits per heavy atom. The number of aromatic amines is 2. The first-order valence-electron chi connectivity index (χ1n) is 4.43. The predicted octanol–water partition coefficient (Wildman–Crippen LogP) is 2.01. The van der Waals surface area contributed by atoms with Gasteiger partial charge in [-0.05, 0) is 18.2 Å². The fourth-order valence-corrected chi connectivity index (χ4v) is 1.78. The first kappa shape index (κ1) is 7.38. The maximum absolute atomic E-state index is 11.1. The molecule has 3 aromatic rings. The van der Waals surface area contributed by atoms with E-state index in [2.05, 4.69) is 9.97 Å². The highest BCUT2D eigenvalue weighted by atomic mass is 16.1. The molecule has 3 heteroatoms. The SMILES string of the molecule is O=c1ccc2c(c1)[nH]c1c[nH]ccc12. The highest BCUT2D eigenvalue weighted by molar-refractivity contribution is 6.06. The highest BCUT2D eigenvalue weighted by Gasteiger charge is 2.02. The van der Waals surface area contributed by atoms with Crippen LogP contribution in [0.15, 0.2) is 41.5 Å². The van der Waals surface area contributed by atoms with Gasteiger partial charge in [0.15, 0.2) is 5.43 Å². The molecule has 0 saturated heterocycles. The van der Waals surface area contributed by atoms with Crippen LogP contribution in [0.5, 0.6) is 0 Å². The molecule has 0 atom stereocenters. The lowest BCUT2D eigenvalue weighted by Gasteiger charge is -1.88. The Morgan fingerprint density at radius 3 is 2.79 bits per heavy atom. The van der Waals surface area contributed by atoms with Gasteiger partial charge in [-0.1, -0.05) is 0 Å². The predicted molar refractivity (Wildman–Crippen MR) is 56.4 cm³/mol. The van der Waals surface area contributed by atoms with E-state index < -0.39 is 0 Å². The number of hydrogen-bond acceptors (Lipinski definition) is 1.